The van der Waals surface area contributed by atoms with Crippen LogP contribution in [0.5, 0.6) is 0 Å². The molecule has 0 spiro atoms. The Hall–Kier alpha value is -0.170. The van der Waals surface area contributed by atoms with Gasteiger partial charge in [0.15, 0.2) is 0 Å². The number of rotatable bonds is 4. The molecule has 1 aromatic rings. The smallest absolute Gasteiger partial charge is 0.209 e. The molecule has 0 saturated heterocycles. The Morgan fingerprint density at radius 2 is 1.94 bits per heavy atom. The summed E-state index contributed by atoms with van der Waals surface area (Å²) in [6.45, 7) is 3.98. The number of halogens is 1. The van der Waals surface area contributed by atoms with Crippen LogP contribution in [0.2, 0.25) is 0 Å². The van der Waals surface area contributed by atoms with Crippen LogP contribution in [0.1, 0.15) is 31.6 Å². The van der Waals surface area contributed by atoms with E-state index in [9.17, 15) is 8.42 Å². The lowest BCUT2D eigenvalue weighted by Crippen LogP contribution is -2.34. The highest BCUT2D eigenvalue weighted by atomic mass is 35.5. The minimum Gasteiger partial charge on any atom is -0.321 e. The van der Waals surface area contributed by atoms with Gasteiger partial charge in [0.1, 0.15) is 0 Å². The highest BCUT2D eigenvalue weighted by molar-refractivity contribution is 7.92. The highest BCUT2D eigenvalue weighted by Gasteiger charge is 2.27. The van der Waals surface area contributed by atoms with E-state index in [1.165, 1.54) is 11.3 Å². The van der Waals surface area contributed by atoms with Gasteiger partial charge in [0.05, 0.1) is 5.54 Å². The van der Waals surface area contributed by atoms with Gasteiger partial charge in [-0.3, -0.25) is 0 Å². The van der Waals surface area contributed by atoms with Crippen molar-refractivity contribution in [2.45, 2.75) is 36.6 Å². The van der Waals surface area contributed by atoms with Gasteiger partial charge in [-0.05, 0) is 12.8 Å². The van der Waals surface area contributed by atoms with Crippen LogP contribution < -0.4 is 5.73 Å². The Bertz CT molecular complexity index is 438. The summed E-state index contributed by atoms with van der Waals surface area (Å²) in [5.74, 6) is 0. The maximum atomic E-state index is 11.3. The van der Waals surface area contributed by atoms with Gasteiger partial charge < -0.3 is 5.73 Å². The summed E-state index contributed by atoms with van der Waals surface area (Å²) < 4.78 is 22.7. The summed E-state index contributed by atoms with van der Waals surface area (Å²) in [5, 5.41) is 0. The molecule has 0 bridgehead atoms. The average Bonchev–Trinajstić information content (AvgIpc) is 2.65. The predicted molar refractivity (Wildman–Crippen MR) is 68.9 cm³/mol. The van der Waals surface area contributed by atoms with Crippen molar-refractivity contribution >= 4 is 33.6 Å². The molecule has 2 N–H and O–H groups in total. The number of hydrogen-bond acceptors (Lipinski definition) is 5. The number of hydrogen-bond donors (Lipinski definition) is 1. The minimum atomic E-state index is -3.21. The van der Waals surface area contributed by atoms with E-state index < -0.39 is 15.4 Å². The fraction of sp³-hybridized carbons (Fsp3) is 0.667. The second-order valence-corrected chi connectivity index (χ2v) is 6.85. The molecule has 0 radical (unpaired) electrons. The van der Waals surface area contributed by atoms with Crippen LogP contribution in [-0.4, -0.2) is 19.7 Å². The Kier molecular flexibility index (Phi) is 5.38. The van der Waals surface area contributed by atoms with Gasteiger partial charge in [-0.1, -0.05) is 13.8 Å². The van der Waals surface area contributed by atoms with E-state index >= 15 is 0 Å². The Balaban J connectivity index is 0.00000225. The molecule has 4 nitrogen and oxygen atoms in total. The molecule has 1 heterocycles. The molecule has 0 amide bonds. The molecule has 16 heavy (non-hydrogen) atoms. The first-order valence-electron chi connectivity index (χ1n) is 4.78. The number of thiazole rings is 1. The van der Waals surface area contributed by atoms with E-state index in [4.69, 9.17) is 5.73 Å². The maximum absolute atomic E-state index is 11.3. The molecular formula is C9H17ClN2O2S2. The standard InChI is InChI=1S/C9H16N2O2S2.ClH/c1-4-9(10,5-2)7-6-11-8(14-7)15(3,12)13;/h6H,4-5,10H2,1-3H3;1H. The van der Waals surface area contributed by atoms with Crippen LogP contribution in [0.25, 0.3) is 0 Å². The van der Waals surface area contributed by atoms with Crippen LogP contribution in [0.4, 0.5) is 0 Å². The van der Waals surface area contributed by atoms with E-state index in [1.54, 1.807) is 6.20 Å². The molecule has 1 aromatic heterocycles. The van der Waals surface area contributed by atoms with Gasteiger partial charge in [0.25, 0.3) is 0 Å². The SMILES string of the molecule is CCC(N)(CC)c1cnc(S(C)(=O)=O)s1.Cl. The molecule has 7 heteroatoms. The van der Waals surface area contributed by atoms with Gasteiger partial charge >= 0.3 is 0 Å². The Labute approximate surface area is 107 Å². The first-order chi connectivity index (χ1) is 6.83. The minimum absolute atomic E-state index is 0. The Morgan fingerprint density at radius 3 is 2.25 bits per heavy atom. The first kappa shape index (κ1) is 15.8. The molecule has 1 rings (SSSR count). The zero-order valence-corrected chi connectivity index (χ0v) is 12.0. The molecule has 0 unspecified atom stereocenters. The summed E-state index contributed by atoms with van der Waals surface area (Å²) in [6.07, 6.45) is 4.28. The average molecular weight is 285 g/mol. The summed E-state index contributed by atoms with van der Waals surface area (Å²) in [4.78, 5) is 4.74. The fourth-order valence-corrected chi connectivity index (χ4v) is 3.27. The molecule has 0 saturated carbocycles. The van der Waals surface area contributed by atoms with Crippen LogP contribution >= 0.6 is 23.7 Å². The van der Waals surface area contributed by atoms with E-state index in [0.29, 0.717) is 0 Å². The van der Waals surface area contributed by atoms with Crippen molar-refractivity contribution in [1.29, 1.82) is 0 Å². The van der Waals surface area contributed by atoms with Crippen LogP contribution in [0, 0.1) is 0 Å². The first-order valence-corrected chi connectivity index (χ1v) is 7.49. The Morgan fingerprint density at radius 1 is 1.44 bits per heavy atom. The third-order valence-corrected chi connectivity index (χ3v) is 5.46. The molecule has 94 valence electrons. The van der Waals surface area contributed by atoms with Crippen molar-refractivity contribution < 1.29 is 8.42 Å². The third-order valence-electron chi connectivity index (χ3n) is 2.55. The van der Waals surface area contributed by atoms with Crippen molar-refractivity contribution in [2.24, 2.45) is 5.73 Å². The lowest BCUT2D eigenvalue weighted by atomic mass is 9.93. The highest BCUT2D eigenvalue weighted by Crippen LogP contribution is 2.31. The number of nitrogens with zero attached hydrogens (tertiary/aromatic N) is 1. The van der Waals surface area contributed by atoms with Gasteiger partial charge in [-0.15, -0.1) is 23.7 Å². The van der Waals surface area contributed by atoms with Crippen molar-refractivity contribution in [3.05, 3.63) is 11.1 Å². The number of sulfone groups is 1. The molecule has 0 aliphatic heterocycles. The van der Waals surface area contributed by atoms with Crippen molar-refractivity contribution in [1.82, 2.24) is 4.98 Å². The van der Waals surface area contributed by atoms with Gasteiger partial charge in [0, 0.05) is 17.3 Å². The summed E-state index contributed by atoms with van der Waals surface area (Å²) >= 11 is 1.17. The van der Waals surface area contributed by atoms with Crippen molar-refractivity contribution in [3.8, 4) is 0 Å². The molecule has 0 aliphatic rings. The lowest BCUT2D eigenvalue weighted by Gasteiger charge is -2.24. The number of nitrogens with two attached hydrogens (primary N) is 1. The van der Waals surface area contributed by atoms with E-state index in [-0.39, 0.29) is 16.7 Å². The topological polar surface area (TPSA) is 73.0 Å². The molecule has 0 aliphatic carbocycles. The van der Waals surface area contributed by atoms with E-state index in [0.717, 1.165) is 24.0 Å². The van der Waals surface area contributed by atoms with Crippen LogP contribution in [-0.2, 0) is 15.4 Å². The van der Waals surface area contributed by atoms with E-state index in [2.05, 4.69) is 4.98 Å². The number of aromatic nitrogens is 1. The summed E-state index contributed by atoms with van der Waals surface area (Å²) in [5.41, 5.74) is 5.71. The van der Waals surface area contributed by atoms with Crippen LogP contribution in [0.3, 0.4) is 0 Å². The zero-order valence-electron chi connectivity index (χ0n) is 9.56. The molecule has 0 atom stereocenters. The fourth-order valence-electron chi connectivity index (χ4n) is 1.26. The van der Waals surface area contributed by atoms with Gasteiger partial charge in [0.2, 0.25) is 14.2 Å². The normalized spacial score (nSPS) is 12.2. The van der Waals surface area contributed by atoms with E-state index in [1.807, 2.05) is 13.8 Å². The molecule has 0 fully saturated rings. The monoisotopic (exact) mass is 284 g/mol. The maximum Gasteiger partial charge on any atom is 0.209 e. The van der Waals surface area contributed by atoms with Crippen LogP contribution in [0.15, 0.2) is 10.5 Å². The van der Waals surface area contributed by atoms with Gasteiger partial charge in [-0.2, -0.15) is 0 Å². The molecule has 0 aromatic carbocycles. The second kappa shape index (κ2) is 5.44. The molecular weight excluding hydrogens is 268 g/mol. The lowest BCUT2D eigenvalue weighted by molar-refractivity contribution is 0.420. The third kappa shape index (κ3) is 3.16. The van der Waals surface area contributed by atoms with Crippen molar-refractivity contribution in [3.63, 3.8) is 0 Å². The predicted octanol–water partition coefficient (Wildman–Crippen LogP) is 1.94. The quantitative estimate of drug-likeness (QED) is 0.917. The van der Waals surface area contributed by atoms with Crippen molar-refractivity contribution in [2.75, 3.05) is 6.26 Å². The second-order valence-electron chi connectivity index (χ2n) is 3.63. The zero-order chi connectivity index (χ0) is 11.7. The summed E-state index contributed by atoms with van der Waals surface area (Å²) in [7, 11) is -3.21. The largest absolute Gasteiger partial charge is 0.321 e. The van der Waals surface area contributed by atoms with Gasteiger partial charge in [-0.25, -0.2) is 13.4 Å². The summed E-state index contributed by atoms with van der Waals surface area (Å²) in [6, 6.07) is 0.